The minimum absolute atomic E-state index is 0.0958. The largest absolute Gasteiger partial charge is 0.493 e. The Hall–Kier alpha value is -2.19. The summed E-state index contributed by atoms with van der Waals surface area (Å²) in [6.07, 6.45) is 1.58. The molecule has 9 heteroatoms. The van der Waals surface area contributed by atoms with Crippen molar-refractivity contribution < 1.29 is 13.2 Å². The van der Waals surface area contributed by atoms with Crippen molar-refractivity contribution in [3.63, 3.8) is 0 Å². The second-order valence-electron chi connectivity index (χ2n) is 6.21. The third-order valence-corrected chi connectivity index (χ3v) is 5.62. The van der Waals surface area contributed by atoms with Gasteiger partial charge in [0.25, 0.3) is 14.6 Å². The first-order chi connectivity index (χ1) is 12.8. The summed E-state index contributed by atoms with van der Waals surface area (Å²) in [5, 5.41) is 0. The lowest BCUT2D eigenvalue weighted by molar-refractivity contribution is 0.341. The number of halogens is 1. The van der Waals surface area contributed by atoms with Crippen LogP contribution in [0.4, 0.5) is 0 Å². The van der Waals surface area contributed by atoms with Crippen molar-refractivity contribution in [1.29, 1.82) is 0 Å². The van der Waals surface area contributed by atoms with E-state index in [0.717, 1.165) is 12.1 Å². The Labute approximate surface area is 161 Å². The number of aromatic amines is 1. The van der Waals surface area contributed by atoms with Gasteiger partial charge in [0.2, 0.25) is 0 Å². The first-order valence-corrected chi connectivity index (χ1v) is 11.0. The van der Waals surface area contributed by atoms with E-state index in [1.54, 1.807) is 0 Å². The monoisotopic (exact) mass is 409 g/mol. The van der Waals surface area contributed by atoms with Crippen LogP contribution in [0.1, 0.15) is 50.9 Å². The first kappa shape index (κ1) is 19.6. The average molecular weight is 410 g/mol. The number of nitrogens with one attached hydrogen (secondary N) is 1. The maximum Gasteiger partial charge on any atom is 0.261 e. The van der Waals surface area contributed by atoms with Crippen LogP contribution in [-0.4, -0.2) is 30.7 Å². The lowest BCUT2D eigenvalue weighted by Crippen LogP contribution is -2.19. The molecule has 0 bridgehead atoms. The molecule has 1 atom stereocenters. The molecule has 1 N–H and O–H groups in total. The van der Waals surface area contributed by atoms with Gasteiger partial charge in [0.1, 0.15) is 11.6 Å². The van der Waals surface area contributed by atoms with E-state index in [1.165, 1.54) is 18.2 Å². The zero-order valence-electron chi connectivity index (χ0n) is 15.2. The van der Waals surface area contributed by atoms with E-state index in [1.807, 2.05) is 20.8 Å². The molecule has 1 aromatic carbocycles. The molecule has 27 heavy (non-hydrogen) atoms. The highest BCUT2D eigenvalue weighted by atomic mass is 35.7. The Kier molecular flexibility index (Phi) is 5.39. The van der Waals surface area contributed by atoms with Gasteiger partial charge in [0.05, 0.1) is 40.1 Å². The predicted octanol–water partition coefficient (Wildman–Crippen LogP) is 3.43. The van der Waals surface area contributed by atoms with Gasteiger partial charge in [-0.15, -0.1) is 0 Å². The summed E-state index contributed by atoms with van der Waals surface area (Å²) in [6.45, 7) is 6.06. The molecule has 0 fully saturated rings. The summed E-state index contributed by atoms with van der Waals surface area (Å²) in [7, 11) is 1.53. The molecule has 0 aliphatic carbocycles. The number of benzene rings is 1. The maximum atomic E-state index is 12.7. The number of rotatable bonds is 6. The second-order valence-corrected chi connectivity index (χ2v) is 8.77. The van der Waals surface area contributed by atoms with E-state index in [2.05, 4.69) is 15.0 Å². The lowest BCUT2D eigenvalue weighted by atomic mass is 10.1. The number of hydrogen-bond acceptors (Lipinski definition) is 6. The topological polar surface area (TPSA) is 101 Å². The Morgan fingerprint density at radius 2 is 2.04 bits per heavy atom. The van der Waals surface area contributed by atoms with Crippen molar-refractivity contribution in [2.75, 3.05) is 6.61 Å². The van der Waals surface area contributed by atoms with Crippen LogP contribution >= 0.6 is 10.7 Å². The van der Waals surface area contributed by atoms with Gasteiger partial charge in [0, 0.05) is 10.7 Å². The molecule has 2 aromatic rings. The minimum atomic E-state index is -3.94. The van der Waals surface area contributed by atoms with Crippen LogP contribution in [0.2, 0.25) is 0 Å². The van der Waals surface area contributed by atoms with Crippen LogP contribution in [0.15, 0.2) is 32.9 Å². The Bertz CT molecular complexity index is 1080. The van der Waals surface area contributed by atoms with Crippen LogP contribution < -0.4 is 10.3 Å². The number of aliphatic imine (C=N–C) groups is 1. The molecule has 1 aromatic heterocycles. The summed E-state index contributed by atoms with van der Waals surface area (Å²) < 4.78 is 29.0. The number of nitrogens with zero attached hydrogens (tertiary/aromatic N) is 2. The SMILES string of the molecule is CCCC1=NC(C)c2c1nc(-c1cc(S(=O)(=O)Cl)ccc1OCC)[nH]c2=O. The quantitative estimate of drug-likeness (QED) is 0.736. The number of fused-ring (bicyclic) bond motifs is 1. The van der Waals surface area contributed by atoms with Crippen molar-refractivity contribution in [2.45, 2.75) is 44.6 Å². The Morgan fingerprint density at radius 3 is 2.67 bits per heavy atom. The summed E-state index contributed by atoms with van der Waals surface area (Å²) in [5.41, 5.74) is 1.94. The van der Waals surface area contributed by atoms with Crippen LogP contribution in [0, 0.1) is 0 Å². The third-order valence-electron chi connectivity index (χ3n) is 4.27. The molecule has 144 valence electrons. The normalized spacial score (nSPS) is 16.1. The molecule has 1 unspecified atom stereocenters. The van der Waals surface area contributed by atoms with E-state index >= 15 is 0 Å². The van der Waals surface area contributed by atoms with Crippen molar-refractivity contribution in [2.24, 2.45) is 4.99 Å². The van der Waals surface area contributed by atoms with E-state index in [9.17, 15) is 13.2 Å². The van der Waals surface area contributed by atoms with E-state index < -0.39 is 9.05 Å². The lowest BCUT2D eigenvalue weighted by Gasteiger charge is -2.12. The number of ether oxygens (including phenoxy) is 1. The van der Waals surface area contributed by atoms with E-state index in [-0.39, 0.29) is 22.3 Å². The molecule has 1 aliphatic heterocycles. The van der Waals surface area contributed by atoms with Gasteiger partial charge in [0.15, 0.2) is 0 Å². The number of H-pyrrole nitrogens is 1. The zero-order valence-corrected chi connectivity index (χ0v) is 16.8. The summed E-state index contributed by atoms with van der Waals surface area (Å²) in [5.74, 6) is 0.631. The molecular weight excluding hydrogens is 390 g/mol. The molecule has 7 nitrogen and oxygen atoms in total. The van der Waals surface area contributed by atoms with Gasteiger partial charge in [-0.25, -0.2) is 13.4 Å². The molecule has 0 radical (unpaired) electrons. The zero-order chi connectivity index (χ0) is 19.8. The fraction of sp³-hybridized carbons (Fsp3) is 0.389. The second kappa shape index (κ2) is 7.44. The predicted molar refractivity (Wildman–Crippen MR) is 104 cm³/mol. The van der Waals surface area contributed by atoms with Crippen molar-refractivity contribution in [1.82, 2.24) is 9.97 Å². The van der Waals surface area contributed by atoms with Gasteiger partial charge in [-0.05, 0) is 38.5 Å². The molecule has 3 rings (SSSR count). The molecule has 0 amide bonds. The first-order valence-electron chi connectivity index (χ1n) is 8.69. The molecule has 0 spiro atoms. The summed E-state index contributed by atoms with van der Waals surface area (Å²) in [6, 6.07) is 3.96. The smallest absolute Gasteiger partial charge is 0.261 e. The molecule has 1 aliphatic rings. The van der Waals surface area contributed by atoms with Gasteiger partial charge in [-0.3, -0.25) is 9.79 Å². The van der Waals surface area contributed by atoms with Crippen LogP contribution in [0.25, 0.3) is 11.4 Å². The standard InChI is InChI=1S/C18H20ClN3O4S/c1-4-6-13-16-15(10(3)20-13)18(23)22-17(21-16)12-9-11(27(19,24)25)7-8-14(12)26-5-2/h7-10H,4-6H2,1-3H3,(H,21,22,23). The molecule has 2 heterocycles. The maximum absolute atomic E-state index is 12.7. The fourth-order valence-electron chi connectivity index (χ4n) is 3.12. The van der Waals surface area contributed by atoms with Crippen molar-refractivity contribution in [3.05, 3.63) is 39.8 Å². The number of aromatic nitrogens is 2. The Morgan fingerprint density at radius 1 is 1.30 bits per heavy atom. The fourth-order valence-corrected chi connectivity index (χ4v) is 3.90. The third kappa shape index (κ3) is 3.77. The highest BCUT2D eigenvalue weighted by Crippen LogP contribution is 2.33. The van der Waals surface area contributed by atoms with Crippen LogP contribution in [0.3, 0.4) is 0 Å². The van der Waals surface area contributed by atoms with Crippen molar-refractivity contribution in [3.8, 4) is 17.1 Å². The number of hydrogen-bond donors (Lipinski definition) is 1. The highest BCUT2D eigenvalue weighted by Gasteiger charge is 2.28. The van der Waals surface area contributed by atoms with Gasteiger partial charge >= 0.3 is 0 Å². The van der Waals surface area contributed by atoms with Gasteiger partial charge < -0.3 is 9.72 Å². The summed E-state index contributed by atoms with van der Waals surface area (Å²) >= 11 is 0. The van der Waals surface area contributed by atoms with Crippen LogP contribution in [-0.2, 0) is 9.05 Å². The van der Waals surface area contributed by atoms with Crippen LogP contribution in [0.5, 0.6) is 5.75 Å². The minimum Gasteiger partial charge on any atom is -0.493 e. The highest BCUT2D eigenvalue weighted by molar-refractivity contribution is 8.13. The van der Waals surface area contributed by atoms with Crippen molar-refractivity contribution >= 4 is 25.4 Å². The summed E-state index contributed by atoms with van der Waals surface area (Å²) in [4.78, 5) is 24.4. The molecular formula is C18H20ClN3O4S. The molecule has 0 saturated carbocycles. The molecule has 0 saturated heterocycles. The van der Waals surface area contributed by atoms with Gasteiger partial charge in [-0.2, -0.15) is 0 Å². The van der Waals surface area contributed by atoms with E-state index in [4.69, 9.17) is 15.4 Å². The average Bonchev–Trinajstić information content (AvgIpc) is 2.91. The Balaban J connectivity index is 2.23. The van der Waals surface area contributed by atoms with E-state index in [0.29, 0.717) is 35.6 Å². The van der Waals surface area contributed by atoms with Gasteiger partial charge in [-0.1, -0.05) is 13.3 Å².